The first-order valence-electron chi connectivity index (χ1n) is 6.02. The molecule has 0 fully saturated rings. The van der Waals surface area contributed by atoms with E-state index in [0.29, 0.717) is 18.8 Å². The van der Waals surface area contributed by atoms with E-state index < -0.39 is 10.8 Å². The zero-order valence-corrected chi connectivity index (χ0v) is 12.0. The molecule has 2 aromatic heterocycles. The van der Waals surface area contributed by atoms with Crippen LogP contribution in [0.25, 0.3) is 0 Å². The predicted molar refractivity (Wildman–Crippen MR) is 78.5 cm³/mol. The molecule has 110 valence electrons. The molecule has 0 spiro atoms. The summed E-state index contributed by atoms with van der Waals surface area (Å²) in [6, 6.07) is 1.14. The number of thiazole rings is 1. The van der Waals surface area contributed by atoms with E-state index in [1.165, 1.54) is 11.3 Å². The molecule has 0 saturated carbocycles. The first kappa shape index (κ1) is 14.9. The molecular weight excluding hydrogens is 294 g/mol. The summed E-state index contributed by atoms with van der Waals surface area (Å²) in [5, 5.41) is 13.6. The molecule has 0 saturated heterocycles. The number of hydrogen-bond donors (Lipinski definition) is 1. The molecule has 2 rings (SSSR count). The van der Waals surface area contributed by atoms with Crippen molar-refractivity contribution < 1.29 is 9.72 Å². The predicted octanol–water partition coefficient (Wildman–Crippen LogP) is 1.22. The first-order chi connectivity index (χ1) is 9.99. The number of likely N-dealkylation sites (N-methyl/N-ethyl adjacent to an activating group) is 1. The van der Waals surface area contributed by atoms with Gasteiger partial charge in [0.05, 0.1) is 15.5 Å². The highest BCUT2D eigenvalue weighted by atomic mass is 32.1. The van der Waals surface area contributed by atoms with Gasteiger partial charge in [0.1, 0.15) is 12.0 Å². The van der Waals surface area contributed by atoms with Gasteiger partial charge in [-0.15, -0.1) is 11.3 Å². The number of primary amides is 1. The third-order valence-corrected chi connectivity index (χ3v) is 3.67. The smallest absolute Gasteiger partial charge is 0.288 e. The van der Waals surface area contributed by atoms with Crippen LogP contribution in [0.3, 0.4) is 0 Å². The Morgan fingerprint density at radius 1 is 1.52 bits per heavy atom. The van der Waals surface area contributed by atoms with Crippen LogP contribution >= 0.6 is 11.3 Å². The Morgan fingerprint density at radius 2 is 2.29 bits per heavy atom. The second-order valence-corrected chi connectivity index (χ2v) is 5.26. The minimum atomic E-state index is -0.748. The lowest BCUT2D eigenvalue weighted by molar-refractivity contribution is -0.385. The maximum absolute atomic E-state index is 11.5. The van der Waals surface area contributed by atoms with Crippen LogP contribution in [0.4, 0.5) is 11.5 Å². The molecule has 0 atom stereocenters. The molecule has 0 aliphatic carbocycles. The minimum Gasteiger partial charge on any atom is -0.365 e. The Balaban J connectivity index is 2.21. The maximum atomic E-state index is 11.5. The van der Waals surface area contributed by atoms with Crippen molar-refractivity contribution in [3.05, 3.63) is 44.5 Å². The van der Waals surface area contributed by atoms with Crippen molar-refractivity contribution in [3.63, 3.8) is 0 Å². The van der Waals surface area contributed by atoms with E-state index in [0.717, 1.165) is 17.3 Å². The van der Waals surface area contributed by atoms with Crippen molar-refractivity contribution in [1.29, 1.82) is 0 Å². The fourth-order valence-corrected chi connectivity index (χ4v) is 2.39. The summed E-state index contributed by atoms with van der Waals surface area (Å²) in [6.45, 7) is 0.568. The Kier molecular flexibility index (Phi) is 4.43. The quantitative estimate of drug-likeness (QED) is 0.633. The van der Waals surface area contributed by atoms with Crippen LogP contribution in [0.15, 0.2) is 23.8 Å². The Labute approximate surface area is 124 Å². The molecule has 2 heterocycles. The normalized spacial score (nSPS) is 10.3. The number of aromatic nitrogens is 2. The van der Waals surface area contributed by atoms with Gasteiger partial charge in [-0.25, -0.2) is 9.97 Å². The van der Waals surface area contributed by atoms with Gasteiger partial charge in [-0.2, -0.15) is 0 Å². The Hall–Kier alpha value is -2.55. The topological polar surface area (TPSA) is 115 Å². The van der Waals surface area contributed by atoms with E-state index in [4.69, 9.17) is 5.73 Å². The number of anilines is 1. The van der Waals surface area contributed by atoms with E-state index >= 15 is 0 Å². The van der Waals surface area contributed by atoms with Crippen LogP contribution in [0.5, 0.6) is 0 Å². The van der Waals surface area contributed by atoms with Gasteiger partial charge in [0.25, 0.3) is 11.6 Å². The fraction of sp³-hybridized carbons (Fsp3) is 0.250. The molecule has 9 heteroatoms. The highest BCUT2D eigenvalue weighted by Gasteiger charge is 2.18. The van der Waals surface area contributed by atoms with Gasteiger partial charge in [0.15, 0.2) is 0 Å². The molecule has 2 N–H and O–H groups in total. The van der Waals surface area contributed by atoms with Crippen molar-refractivity contribution >= 4 is 28.7 Å². The zero-order chi connectivity index (χ0) is 15.4. The molecule has 0 radical (unpaired) electrons. The number of rotatable bonds is 6. The molecule has 21 heavy (non-hydrogen) atoms. The van der Waals surface area contributed by atoms with Gasteiger partial charge in [-0.05, 0) is 0 Å². The van der Waals surface area contributed by atoms with Crippen molar-refractivity contribution in [3.8, 4) is 0 Å². The average Bonchev–Trinajstić information content (AvgIpc) is 2.97. The molecule has 0 aromatic carbocycles. The van der Waals surface area contributed by atoms with Crippen LogP contribution in [-0.4, -0.2) is 34.4 Å². The third kappa shape index (κ3) is 3.51. The second kappa shape index (κ2) is 6.27. The van der Waals surface area contributed by atoms with Gasteiger partial charge >= 0.3 is 0 Å². The summed E-state index contributed by atoms with van der Waals surface area (Å²) in [4.78, 5) is 31.5. The Morgan fingerprint density at radius 3 is 2.86 bits per heavy atom. The summed E-state index contributed by atoms with van der Waals surface area (Å²) in [6.07, 6.45) is 3.52. The Bertz CT molecular complexity index is 659. The SMILES string of the molecule is CN(CCc1nccs1)c1ncc([N+](=O)[O-])cc1C(N)=O. The first-order valence-corrected chi connectivity index (χ1v) is 6.90. The van der Waals surface area contributed by atoms with Crippen molar-refractivity contribution in [2.45, 2.75) is 6.42 Å². The molecule has 0 bridgehead atoms. The molecule has 1 amide bonds. The monoisotopic (exact) mass is 307 g/mol. The van der Waals surface area contributed by atoms with Crippen LogP contribution in [0.1, 0.15) is 15.4 Å². The largest absolute Gasteiger partial charge is 0.365 e. The van der Waals surface area contributed by atoms with Gasteiger partial charge in [0.2, 0.25) is 0 Å². The second-order valence-electron chi connectivity index (χ2n) is 4.28. The number of pyridine rings is 1. The van der Waals surface area contributed by atoms with E-state index in [1.807, 2.05) is 5.38 Å². The molecule has 0 unspecified atom stereocenters. The highest BCUT2D eigenvalue weighted by molar-refractivity contribution is 7.09. The highest BCUT2D eigenvalue weighted by Crippen LogP contribution is 2.21. The number of nitrogens with zero attached hydrogens (tertiary/aromatic N) is 4. The summed E-state index contributed by atoms with van der Waals surface area (Å²) in [5.74, 6) is -0.424. The lowest BCUT2D eigenvalue weighted by atomic mass is 10.2. The number of hydrogen-bond acceptors (Lipinski definition) is 7. The molecule has 0 aliphatic heterocycles. The number of nitrogens with two attached hydrogens (primary N) is 1. The van der Waals surface area contributed by atoms with E-state index in [1.54, 1.807) is 18.1 Å². The molecule has 2 aromatic rings. The molecule has 8 nitrogen and oxygen atoms in total. The summed E-state index contributed by atoms with van der Waals surface area (Å²) >= 11 is 1.54. The molecular formula is C12H13N5O3S. The third-order valence-electron chi connectivity index (χ3n) is 2.83. The molecule has 0 aliphatic rings. The minimum absolute atomic E-state index is 0.0332. The van der Waals surface area contributed by atoms with Crippen molar-refractivity contribution in [1.82, 2.24) is 9.97 Å². The zero-order valence-electron chi connectivity index (χ0n) is 11.2. The number of nitro groups is 1. The summed E-state index contributed by atoms with van der Waals surface area (Å²) < 4.78 is 0. The van der Waals surface area contributed by atoms with E-state index in [2.05, 4.69) is 9.97 Å². The summed E-state index contributed by atoms with van der Waals surface area (Å²) in [7, 11) is 1.74. The van der Waals surface area contributed by atoms with Crippen molar-refractivity contribution in [2.75, 3.05) is 18.5 Å². The van der Waals surface area contributed by atoms with Crippen LogP contribution in [0, 0.1) is 10.1 Å². The number of carbonyl (C=O) groups excluding carboxylic acids is 1. The van der Waals surface area contributed by atoms with Gasteiger partial charge in [-0.1, -0.05) is 0 Å². The van der Waals surface area contributed by atoms with E-state index in [9.17, 15) is 14.9 Å². The maximum Gasteiger partial charge on any atom is 0.288 e. The van der Waals surface area contributed by atoms with Crippen molar-refractivity contribution in [2.24, 2.45) is 5.73 Å². The fourth-order valence-electron chi connectivity index (χ4n) is 1.78. The van der Waals surface area contributed by atoms with Gasteiger partial charge in [0, 0.05) is 37.7 Å². The summed E-state index contributed by atoms with van der Waals surface area (Å²) in [5.41, 5.74) is 5.04. The number of amides is 1. The lowest BCUT2D eigenvalue weighted by Crippen LogP contribution is -2.25. The van der Waals surface area contributed by atoms with Gasteiger partial charge in [-0.3, -0.25) is 14.9 Å². The van der Waals surface area contributed by atoms with Crippen LogP contribution < -0.4 is 10.6 Å². The van der Waals surface area contributed by atoms with Crippen LogP contribution in [-0.2, 0) is 6.42 Å². The van der Waals surface area contributed by atoms with Gasteiger partial charge < -0.3 is 10.6 Å². The van der Waals surface area contributed by atoms with Crippen LogP contribution in [0.2, 0.25) is 0 Å². The lowest BCUT2D eigenvalue weighted by Gasteiger charge is -2.19. The standard InChI is InChI=1S/C12H13N5O3S/c1-16(4-2-10-14-3-5-21-10)12-9(11(13)18)6-8(7-15-12)17(19)20/h3,5-7H,2,4H2,1H3,(H2,13,18). The average molecular weight is 307 g/mol. The van der Waals surface area contributed by atoms with E-state index in [-0.39, 0.29) is 11.3 Å². The number of carbonyl (C=O) groups is 1.